The second-order valence-electron chi connectivity index (χ2n) is 7.45. The lowest BCUT2D eigenvalue weighted by Crippen LogP contribution is -2.32. The van der Waals surface area contributed by atoms with E-state index in [1.807, 2.05) is 0 Å². The molecule has 4 aromatic rings. The minimum absolute atomic E-state index is 0.101. The van der Waals surface area contributed by atoms with Gasteiger partial charge < -0.3 is 9.72 Å². The highest BCUT2D eigenvalue weighted by molar-refractivity contribution is 7.89. The van der Waals surface area contributed by atoms with Gasteiger partial charge in [-0.05, 0) is 53.2 Å². The van der Waals surface area contributed by atoms with E-state index in [9.17, 15) is 26.4 Å². The van der Waals surface area contributed by atoms with Crippen LogP contribution >= 0.6 is 11.3 Å². The molecule has 0 aliphatic heterocycles. The third-order valence-corrected chi connectivity index (χ3v) is 7.84. The molecule has 0 aliphatic carbocycles. The van der Waals surface area contributed by atoms with E-state index in [-0.39, 0.29) is 18.7 Å². The summed E-state index contributed by atoms with van der Waals surface area (Å²) >= 11 is 1.31. The van der Waals surface area contributed by atoms with Crippen LogP contribution in [-0.4, -0.2) is 24.8 Å². The quantitative estimate of drug-likeness (QED) is 0.381. The summed E-state index contributed by atoms with van der Waals surface area (Å²) < 4.78 is 72.6. The van der Waals surface area contributed by atoms with Gasteiger partial charge in [-0.3, -0.25) is 4.79 Å². The number of hydrogen-bond acceptors (Lipinski definition) is 5. The maximum Gasteiger partial charge on any atom is 0.416 e. The van der Waals surface area contributed by atoms with Crippen LogP contribution in [0.5, 0.6) is 5.75 Å². The lowest BCUT2D eigenvalue weighted by atomic mass is 10.1. The van der Waals surface area contributed by atoms with E-state index in [0.29, 0.717) is 27.6 Å². The Morgan fingerprint density at radius 2 is 1.82 bits per heavy atom. The zero-order chi connectivity index (χ0) is 24.5. The van der Waals surface area contributed by atoms with Crippen molar-refractivity contribution in [2.45, 2.75) is 24.2 Å². The van der Waals surface area contributed by atoms with Gasteiger partial charge in [0.25, 0.3) is 5.56 Å². The number of rotatable bonds is 7. The van der Waals surface area contributed by atoms with Gasteiger partial charge in [-0.15, -0.1) is 11.3 Å². The highest BCUT2D eigenvalue weighted by atomic mass is 32.2. The summed E-state index contributed by atoms with van der Waals surface area (Å²) in [5.41, 5.74) is -0.901. The SMILES string of the molecule is COc1ccc2cc(CN(Cc3cccs3)S(=O)(=O)c3cccc(C(F)(F)F)c3)c(=O)[nH]c2c1. The van der Waals surface area contributed by atoms with Crippen LogP contribution in [0.4, 0.5) is 13.2 Å². The largest absolute Gasteiger partial charge is 0.497 e. The first-order chi connectivity index (χ1) is 16.1. The summed E-state index contributed by atoms with van der Waals surface area (Å²) in [4.78, 5) is 15.6. The van der Waals surface area contributed by atoms with Crippen molar-refractivity contribution in [1.82, 2.24) is 9.29 Å². The molecule has 1 N–H and O–H groups in total. The standard InChI is InChI=1S/C23H19F3N2O4S2/c1-32-18-8-7-15-10-16(22(29)27-21(15)12-18)13-28(14-19-5-3-9-33-19)34(30,31)20-6-2-4-17(11-20)23(24,25)26/h2-12H,13-14H2,1H3,(H,27,29). The smallest absolute Gasteiger partial charge is 0.416 e. The van der Waals surface area contributed by atoms with Crippen LogP contribution in [0.2, 0.25) is 0 Å². The lowest BCUT2D eigenvalue weighted by molar-refractivity contribution is -0.137. The number of sulfonamides is 1. The van der Waals surface area contributed by atoms with E-state index in [4.69, 9.17) is 4.74 Å². The Morgan fingerprint density at radius 1 is 1.03 bits per heavy atom. The third kappa shape index (κ3) is 5.01. The molecule has 0 atom stereocenters. The Labute approximate surface area is 197 Å². The second-order valence-corrected chi connectivity index (χ2v) is 10.4. The van der Waals surface area contributed by atoms with Gasteiger partial charge in [0, 0.05) is 29.6 Å². The van der Waals surface area contributed by atoms with Crippen molar-refractivity contribution in [3.63, 3.8) is 0 Å². The number of hydrogen-bond donors (Lipinski definition) is 1. The van der Waals surface area contributed by atoms with Gasteiger partial charge in [-0.1, -0.05) is 12.1 Å². The third-order valence-electron chi connectivity index (χ3n) is 5.19. The van der Waals surface area contributed by atoms with Crippen molar-refractivity contribution < 1.29 is 26.3 Å². The lowest BCUT2D eigenvalue weighted by Gasteiger charge is -2.22. The fourth-order valence-electron chi connectivity index (χ4n) is 3.44. The highest BCUT2D eigenvalue weighted by Crippen LogP contribution is 2.32. The highest BCUT2D eigenvalue weighted by Gasteiger charge is 2.33. The van der Waals surface area contributed by atoms with Crippen LogP contribution < -0.4 is 10.3 Å². The molecule has 0 bridgehead atoms. The van der Waals surface area contributed by atoms with Crippen molar-refractivity contribution in [2.75, 3.05) is 7.11 Å². The second kappa shape index (κ2) is 9.24. The number of halogens is 3. The van der Waals surface area contributed by atoms with Gasteiger partial charge in [0.15, 0.2) is 0 Å². The number of thiophene rings is 1. The van der Waals surface area contributed by atoms with Gasteiger partial charge >= 0.3 is 6.18 Å². The maximum absolute atomic E-state index is 13.4. The first kappa shape index (κ1) is 24.0. The summed E-state index contributed by atoms with van der Waals surface area (Å²) in [5.74, 6) is 0.544. The van der Waals surface area contributed by atoms with Crippen LogP contribution in [0.15, 0.2) is 75.7 Å². The maximum atomic E-state index is 13.4. The summed E-state index contributed by atoms with van der Waals surface area (Å²) in [5, 5.41) is 2.42. The molecule has 2 aromatic heterocycles. The van der Waals surface area contributed by atoms with E-state index in [1.54, 1.807) is 41.8 Å². The van der Waals surface area contributed by atoms with Gasteiger partial charge in [0.1, 0.15) is 5.75 Å². The molecule has 0 radical (unpaired) electrons. The topological polar surface area (TPSA) is 79.5 Å². The average Bonchev–Trinajstić information content (AvgIpc) is 3.31. The Balaban J connectivity index is 1.77. The number of aromatic amines is 1. The predicted molar refractivity (Wildman–Crippen MR) is 123 cm³/mol. The molecule has 2 heterocycles. The van der Waals surface area contributed by atoms with Crippen molar-refractivity contribution in [2.24, 2.45) is 0 Å². The molecule has 2 aromatic carbocycles. The number of aromatic nitrogens is 1. The summed E-state index contributed by atoms with van der Waals surface area (Å²) in [6.45, 7) is -0.426. The van der Waals surface area contributed by atoms with Gasteiger partial charge in [0.05, 0.1) is 23.1 Å². The average molecular weight is 509 g/mol. The number of fused-ring (bicyclic) bond motifs is 1. The molecule has 0 aliphatic rings. The molecular weight excluding hydrogens is 489 g/mol. The number of benzene rings is 2. The van der Waals surface area contributed by atoms with E-state index in [1.165, 1.54) is 18.4 Å². The molecule has 0 saturated carbocycles. The summed E-state index contributed by atoms with van der Waals surface area (Å²) in [6.07, 6.45) is -4.69. The van der Waals surface area contributed by atoms with Crippen molar-refractivity contribution in [3.05, 3.63) is 92.4 Å². The van der Waals surface area contributed by atoms with E-state index >= 15 is 0 Å². The molecule has 0 spiro atoms. The summed E-state index contributed by atoms with van der Waals surface area (Å²) in [6, 6.07) is 13.7. The van der Waals surface area contributed by atoms with Crippen LogP contribution in [0.3, 0.4) is 0 Å². The summed E-state index contributed by atoms with van der Waals surface area (Å²) in [7, 11) is -2.88. The van der Waals surface area contributed by atoms with E-state index < -0.39 is 32.2 Å². The number of nitrogens with one attached hydrogen (secondary N) is 1. The predicted octanol–water partition coefficient (Wildman–Crippen LogP) is 5.01. The number of methoxy groups -OCH3 is 1. The minimum Gasteiger partial charge on any atom is -0.497 e. The number of ether oxygens (including phenoxy) is 1. The number of pyridine rings is 1. The number of H-pyrrole nitrogens is 1. The molecule has 0 unspecified atom stereocenters. The minimum atomic E-state index is -4.69. The van der Waals surface area contributed by atoms with E-state index in [2.05, 4.69) is 4.98 Å². The fourth-order valence-corrected chi connectivity index (χ4v) is 5.69. The van der Waals surface area contributed by atoms with Crippen molar-refractivity contribution in [1.29, 1.82) is 0 Å². The van der Waals surface area contributed by atoms with Crippen LogP contribution in [0.25, 0.3) is 10.9 Å². The fraction of sp³-hybridized carbons (Fsp3) is 0.174. The Bertz CT molecular complexity index is 1480. The first-order valence-electron chi connectivity index (χ1n) is 9.97. The molecule has 34 heavy (non-hydrogen) atoms. The molecule has 0 amide bonds. The molecule has 0 saturated heterocycles. The monoisotopic (exact) mass is 508 g/mol. The molecule has 6 nitrogen and oxygen atoms in total. The van der Waals surface area contributed by atoms with Crippen molar-refractivity contribution >= 4 is 32.3 Å². The van der Waals surface area contributed by atoms with Gasteiger partial charge in [0.2, 0.25) is 10.0 Å². The zero-order valence-electron chi connectivity index (χ0n) is 17.8. The zero-order valence-corrected chi connectivity index (χ0v) is 19.4. The normalized spacial score (nSPS) is 12.4. The molecule has 11 heteroatoms. The first-order valence-corrected chi connectivity index (χ1v) is 12.3. The Morgan fingerprint density at radius 3 is 2.50 bits per heavy atom. The van der Waals surface area contributed by atoms with Gasteiger partial charge in [-0.25, -0.2) is 8.42 Å². The Hall–Kier alpha value is -3.15. The van der Waals surface area contributed by atoms with E-state index in [0.717, 1.165) is 22.5 Å². The molecule has 4 rings (SSSR count). The van der Waals surface area contributed by atoms with Crippen molar-refractivity contribution in [3.8, 4) is 5.75 Å². The van der Waals surface area contributed by atoms with Crippen LogP contribution in [-0.2, 0) is 29.3 Å². The van der Waals surface area contributed by atoms with Crippen LogP contribution in [0, 0.1) is 0 Å². The molecular formula is C23H19F3N2O4S2. The molecule has 0 fully saturated rings. The van der Waals surface area contributed by atoms with Gasteiger partial charge in [-0.2, -0.15) is 17.5 Å². The number of nitrogens with zero attached hydrogens (tertiary/aromatic N) is 1. The number of alkyl halides is 3. The Kier molecular flexibility index (Phi) is 6.52. The van der Waals surface area contributed by atoms with Crippen LogP contribution in [0.1, 0.15) is 16.0 Å². The molecule has 178 valence electrons.